The highest BCUT2D eigenvalue weighted by molar-refractivity contribution is 6.02. The quantitative estimate of drug-likeness (QED) is 0.700. The fourth-order valence-electron chi connectivity index (χ4n) is 3.63. The molecule has 0 aromatic heterocycles. The van der Waals surface area contributed by atoms with Gasteiger partial charge in [0.15, 0.2) is 0 Å². The molecule has 4 heteroatoms. The highest BCUT2D eigenvalue weighted by Crippen LogP contribution is 2.27. The van der Waals surface area contributed by atoms with Gasteiger partial charge in [0.1, 0.15) is 5.75 Å². The summed E-state index contributed by atoms with van der Waals surface area (Å²) < 4.78 is 0. The van der Waals surface area contributed by atoms with Crippen LogP contribution in [0.2, 0.25) is 0 Å². The molecule has 4 nitrogen and oxygen atoms in total. The number of nitrogens with zero attached hydrogens (tertiary/aromatic N) is 3. The van der Waals surface area contributed by atoms with Gasteiger partial charge in [0.05, 0.1) is 5.69 Å². The minimum atomic E-state index is 0.253. The van der Waals surface area contributed by atoms with Gasteiger partial charge in [0, 0.05) is 43.6 Å². The van der Waals surface area contributed by atoms with Crippen molar-refractivity contribution in [1.82, 2.24) is 4.90 Å². The number of phenols is 1. The molecule has 1 fully saturated rings. The van der Waals surface area contributed by atoms with Crippen LogP contribution in [0.15, 0.2) is 65.7 Å². The number of aliphatic imine (C=N–C) groups is 1. The van der Waals surface area contributed by atoms with Gasteiger partial charge in [-0.05, 0) is 47.6 Å². The van der Waals surface area contributed by atoms with Gasteiger partial charge in [0.2, 0.25) is 0 Å². The maximum atomic E-state index is 10.2. The molecule has 0 bridgehead atoms. The highest BCUT2D eigenvalue weighted by atomic mass is 16.3. The molecule has 1 heterocycles. The van der Waals surface area contributed by atoms with E-state index in [0.29, 0.717) is 0 Å². The van der Waals surface area contributed by atoms with Crippen molar-refractivity contribution < 1.29 is 5.11 Å². The Labute approximate surface area is 160 Å². The van der Waals surface area contributed by atoms with Gasteiger partial charge in [-0.1, -0.05) is 37.3 Å². The van der Waals surface area contributed by atoms with Crippen LogP contribution in [0.4, 0.5) is 11.4 Å². The van der Waals surface area contributed by atoms with E-state index in [9.17, 15) is 5.11 Å². The monoisotopic (exact) mass is 359 g/mol. The van der Waals surface area contributed by atoms with Crippen LogP contribution >= 0.6 is 0 Å². The standard InChI is InChI=1S/C23H25N3O/c1-2-25-13-15-26(16-14-25)20-10-8-19(9-11-20)24-17-22-21-6-4-3-5-18(21)7-12-23(22)27/h3-12,17,27H,2,13-16H2,1H3. The van der Waals surface area contributed by atoms with E-state index >= 15 is 0 Å². The van der Waals surface area contributed by atoms with Crippen LogP contribution in [0.25, 0.3) is 10.8 Å². The second-order valence-electron chi connectivity index (χ2n) is 6.92. The second-order valence-corrected chi connectivity index (χ2v) is 6.92. The zero-order valence-electron chi connectivity index (χ0n) is 15.7. The van der Waals surface area contributed by atoms with Crippen LogP contribution in [0.1, 0.15) is 12.5 Å². The van der Waals surface area contributed by atoms with E-state index in [2.05, 4.69) is 33.8 Å². The molecule has 1 aliphatic rings. The summed E-state index contributed by atoms with van der Waals surface area (Å²) in [5.74, 6) is 0.253. The summed E-state index contributed by atoms with van der Waals surface area (Å²) >= 11 is 0. The maximum absolute atomic E-state index is 10.2. The fourth-order valence-corrected chi connectivity index (χ4v) is 3.63. The first-order valence-electron chi connectivity index (χ1n) is 9.57. The number of piperazine rings is 1. The molecule has 0 saturated carbocycles. The molecule has 0 atom stereocenters. The van der Waals surface area contributed by atoms with Crippen molar-refractivity contribution in [3.8, 4) is 5.75 Å². The van der Waals surface area contributed by atoms with Gasteiger partial charge < -0.3 is 14.9 Å². The summed E-state index contributed by atoms with van der Waals surface area (Å²) in [4.78, 5) is 9.49. The summed E-state index contributed by atoms with van der Waals surface area (Å²) in [6, 6.07) is 20.0. The van der Waals surface area contributed by atoms with Gasteiger partial charge >= 0.3 is 0 Å². The molecule has 4 rings (SSSR count). The topological polar surface area (TPSA) is 39.1 Å². The van der Waals surface area contributed by atoms with Gasteiger partial charge in [-0.2, -0.15) is 0 Å². The Morgan fingerprint density at radius 3 is 2.41 bits per heavy atom. The Morgan fingerprint density at radius 2 is 1.67 bits per heavy atom. The highest BCUT2D eigenvalue weighted by Gasteiger charge is 2.15. The molecule has 3 aromatic rings. The molecule has 3 aromatic carbocycles. The number of aromatic hydroxyl groups is 1. The average Bonchev–Trinajstić information content (AvgIpc) is 2.73. The molecule has 1 aliphatic heterocycles. The van der Waals surface area contributed by atoms with Crippen LogP contribution in [-0.2, 0) is 0 Å². The van der Waals surface area contributed by atoms with E-state index in [-0.39, 0.29) is 5.75 Å². The summed E-state index contributed by atoms with van der Waals surface area (Å²) in [6.07, 6.45) is 1.76. The number of phenolic OH excluding ortho intramolecular Hbond substituents is 1. The van der Waals surface area contributed by atoms with Crippen LogP contribution in [0.3, 0.4) is 0 Å². The third kappa shape index (κ3) is 3.81. The Morgan fingerprint density at radius 1 is 0.926 bits per heavy atom. The predicted octanol–water partition coefficient (Wildman–Crippen LogP) is 4.44. The lowest BCUT2D eigenvalue weighted by atomic mass is 10.0. The normalized spacial score (nSPS) is 15.7. The zero-order chi connectivity index (χ0) is 18.6. The molecule has 0 spiro atoms. The predicted molar refractivity (Wildman–Crippen MR) is 114 cm³/mol. The summed E-state index contributed by atoms with van der Waals surface area (Å²) in [5, 5.41) is 12.3. The van der Waals surface area contributed by atoms with Crippen LogP contribution in [0.5, 0.6) is 5.75 Å². The Kier molecular flexibility index (Phi) is 5.07. The lowest BCUT2D eigenvalue weighted by molar-refractivity contribution is 0.271. The van der Waals surface area contributed by atoms with Crippen molar-refractivity contribution in [3.63, 3.8) is 0 Å². The first kappa shape index (κ1) is 17.6. The van der Waals surface area contributed by atoms with Crippen molar-refractivity contribution in [3.05, 3.63) is 66.2 Å². The number of likely N-dealkylation sites (N-methyl/N-ethyl adjacent to an activating group) is 1. The molecule has 138 valence electrons. The Bertz CT molecular complexity index is 941. The van der Waals surface area contributed by atoms with Crippen molar-refractivity contribution in [2.45, 2.75) is 6.92 Å². The van der Waals surface area contributed by atoms with E-state index < -0.39 is 0 Å². The van der Waals surface area contributed by atoms with Gasteiger partial charge in [-0.25, -0.2) is 0 Å². The van der Waals surface area contributed by atoms with Crippen LogP contribution < -0.4 is 4.90 Å². The van der Waals surface area contributed by atoms with E-state index in [1.54, 1.807) is 12.3 Å². The van der Waals surface area contributed by atoms with Crippen LogP contribution in [0, 0.1) is 0 Å². The van der Waals surface area contributed by atoms with Crippen LogP contribution in [-0.4, -0.2) is 48.9 Å². The molecule has 0 amide bonds. The number of hydrogen-bond donors (Lipinski definition) is 1. The number of benzene rings is 3. The van der Waals surface area contributed by atoms with Crippen molar-refractivity contribution in [1.29, 1.82) is 0 Å². The molecule has 0 unspecified atom stereocenters. The summed E-state index contributed by atoms with van der Waals surface area (Å²) in [6.45, 7) is 7.73. The summed E-state index contributed by atoms with van der Waals surface area (Å²) in [5.41, 5.74) is 2.89. The van der Waals surface area contributed by atoms with E-state index in [0.717, 1.165) is 54.7 Å². The maximum Gasteiger partial charge on any atom is 0.124 e. The van der Waals surface area contributed by atoms with E-state index in [1.165, 1.54) is 5.69 Å². The zero-order valence-corrected chi connectivity index (χ0v) is 15.7. The first-order chi connectivity index (χ1) is 13.2. The Hall–Kier alpha value is -2.85. The third-order valence-electron chi connectivity index (χ3n) is 5.32. The van der Waals surface area contributed by atoms with Gasteiger partial charge in [0.25, 0.3) is 0 Å². The van der Waals surface area contributed by atoms with E-state index in [1.807, 2.05) is 42.5 Å². The lowest BCUT2D eigenvalue weighted by Gasteiger charge is -2.35. The van der Waals surface area contributed by atoms with Crippen molar-refractivity contribution in [2.75, 3.05) is 37.6 Å². The van der Waals surface area contributed by atoms with Crippen molar-refractivity contribution >= 4 is 28.4 Å². The molecule has 0 aliphatic carbocycles. The number of fused-ring (bicyclic) bond motifs is 1. The molecule has 0 radical (unpaired) electrons. The minimum absolute atomic E-state index is 0.253. The Balaban J connectivity index is 1.52. The molecule has 1 saturated heterocycles. The lowest BCUT2D eigenvalue weighted by Crippen LogP contribution is -2.46. The third-order valence-corrected chi connectivity index (χ3v) is 5.32. The van der Waals surface area contributed by atoms with Gasteiger partial charge in [-0.15, -0.1) is 0 Å². The first-order valence-corrected chi connectivity index (χ1v) is 9.57. The molecule has 27 heavy (non-hydrogen) atoms. The SMILES string of the molecule is CCN1CCN(c2ccc(N=Cc3c(O)ccc4ccccc34)cc2)CC1. The average molecular weight is 359 g/mol. The largest absolute Gasteiger partial charge is 0.507 e. The smallest absolute Gasteiger partial charge is 0.124 e. The van der Waals surface area contributed by atoms with E-state index in [4.69, 9.17) is 0 Å². The number of anilines is 1. The fraction of sp³-hybridized carbons (Fsp3) is 0.261. The minimum Gasteiger partial charge on any atom is -0.507 e. The van der Waals surface area contributed by atoms with Crippen molar-refractivity contribution in [2.24, 2.45) is 4.99 Å². The number of hydrogen-bond acceptors (Lipinski definition) is 4. The van der Waals surface area contributed by atoms with Gasteiger partial charge in [-0.3, -0.25) is 4.99 Å². The second kappa shape index (κ2) is 7.80. The summed E-state index contributed by atoms with van der Waals surface area (Å²) in [7, 11) is 0. The molecule has 1 N–H and O–H groups in total. The molecular weight excluding hydrogens is 334 g/mol. The molecular formula is C23H25N3O. The number of rotatable bonds is 4.